The Morgan fingerprint density at radius 2 is 2.00 bits per heavy atom. The first-order valence-electron chi connectivity index (χ1n) is 8.11. The number of hydrogen-bond donors (Lipinski definition) is 2. The number of benzene rings is 1. The third kappa shape index (κ3) is 4.79. The highest BCUT2D eigenvalue weighted by atomic mass is 16.5. The first kappa shape index (κ1) is 17.5. The lowest BCUT2D eigenvalue weighted by Gasteiger charge is -2.40. The normalized spacial score (nSPS) is 17.1. The predicted molar refractivity (Wildman–Crippen MR) is 87.1 cm³/mol. The van der Waals surface area contributed by atoms with Crippen molar-refractivity contribution < 1.29 is 19.4 Å². The van der Waals surface area contributed by atoms with Crippen LogP contribution in [0.15, 0.2) is 30.3 Å². The number of nitrogens with one attached hydrogen (secondary N) is 1. The highest BCUT2D eigenvalue weighted by molar-refractivity contribution is 5.84. The van der Waals surface area contributed by atoms with Gasteiger partial charge in [0, 0.05) is 19.6 Å². The monoisotopic (exact) mass is 319 g/mol. The summed E-state index contributed by atoms with van der Waals surface area (Å²) in [7, 11) is 1.61. The first-order chi connectivity index (χ1) is 11.1. The Morgan fingerprint density at radius 1 is 1.30 bits per heavy atom. The van der Waals surface area contributed by atoms with E-state index in [9.17, 15) is 9.59 Å². The topological polar surface area (TPSA) is 75.6 Å². The van der Waals surface area contributed by atoms with Crippen molar-refractivity contribution in [1.82, 2.24) is 5.32 Å². The lowest BCUT2D eigenvalue weighted by molar-refractivity contribution is -0.142. The molecular weight excluding hydrogens is 294 g/mol. The van der Waals surface area contributed by atoms with Crippen LogP contribution in [0.4, 0.5) is 0 Å². The molecule has 1 unspecified atom stereocenters. The quantitative estimate of drug-likeness (QED) is 0.733. The van der Waals surface area contributed by atoms with Gasteiger partial charge >= 0.3 is 5.97 Å². The van der Waals surface area contributed by atoms with E-state index in [0.29, 0.717) is 19.4 Å². The van der Waals surface area contributed by atoms with Crippen LogP contribution in [0.3, 0.4) is 0 Å². The van der Waals surface area contributed by atoms with E-state index in [1.54, 1.807) is 7.11 Å². The van der Waals surface area contributed by atoms with Gasteiger partial charge in [0.05, 0.1) is 12.0 Å². The van der Waals surface area contributed by atoms with E-state index in [0.717, 1.165) is 24.8 Å². The van der Waals surface area contributed by atoms with Crippen LogP contribution in [0.25, 0.3) is 0 Å². The second kappa shape index (κ2) is 8.11. The fourth-order valence-corrected chi connectivity index (χ4v) is 3.08. The van der Waals surface area contributed by atoms with E-state index in [-0.39, 0.29) is 18.4 Å². The van der Waals surface area contributed by atoms with Gasteiger partial charge in [-0.25, -0.2) is 0 Å². The van der Waals surface area contributed by atoms with Crippen molar-refractivity contribution in [2.75, 3.05) is 13.7 Å². The van der Waals surface area contributed by atoms with Gasteiger partial charge in [-0.3, -0.25) is 9.59 Å². The number of methoxy groups -OCH3 is 1. The van der Waals surface area contributed by atoms with Gasteiger partial charge in [0.2, 0.25) is 5.91 Å². The van der Waals surface area contributed by atoms with Crippen molar-refractivity contribution in [3.05, 3.63) is 35.9 Å². The number of ether oxygens (including phenoxy) is 1. The highest BCUT2D eigenvalue weighted by Crippen LogP contribution is 2.41. The summed E-state index contributed by atoms with van der Waals surface area (Å²) in [6.07, 6.45) is 3.83. The average Bonchev–Trinajstić information content (AvgIpc) is 2.49. The second-order valence-corrected chi connectivity index (χ2v) is 6.36. The number of rotatable bonds is 9. The molecule has 1 aromatic rings. The van der Waals surface area contributed by atoms with Crippen LogP contribution in [-0.4, -0.2) is 36.7 Å². The molecule has 0 bridgehead atoms. The number of carboxylic acid groups (broad SMARTS) is 1. The zero-order chi connectivity index (χ0) is 16.7. The maximum absolute atomic E-state index is 12.6. The number of hydrogen-bond acceptors (Lipinski definition) is 3. The minimum Gasteiger partial charge on any atom is -0.481 e. The lowest BCUT2D eigenvalue weighted by Crippen LogP contribution is -2.52. The molecule has 2 N–H and O–H groups in total. The minimum atomic E-state index is -0.840. The molecule has 1 aliphatic carbocycles. The Morgan fingerprint density at radius 3 is 2.52 bits per heavy atom. The molecule has 23 heavy (non-hydrogen) atoms. The summed E-state index contributed by atoms with van der Waals surface area (Å²) in [4.78, 5) is 23.5. The number of carbonyl (C=O) groups excluding carboxylic acids is 1. The van der Waals surface area contributed by atoms with Crippen LogP contribution in [-0.2, 0) is 20.7 Å². The summed E-state index contributed by atoms with van der Waals surface area (Å²) in [6, 6.07) is 9.65. The zero-order valence-electron chi connectivity index (χ0n) is 13.6. The standard InChI is InChI=1S/C18H25NO4/c1-23-13-18(10-5-11-18)17(22)19-15(8-9-16(20)21)12-14-6-3-2-4-7-14/h2-4,6-7,15H,5,8-13H2,1H3,(H,19,22)(H,20,21). The Balaban J connectivity index is 2.01. The molecule has 1 saturated carbocycles. The van der Waals surface area contributed by atoms with E-state index < -0.39 is 11.4 Å². The molecule has 0 radical (unpaired) electrons. The van der Waals surface area contributed by atoms with Gasteiger partial charge in [-0.15, -0.1) is 0 Å². The molecule has 126 valence electrons. The van der Waals surface area contributed by atoms with Crippen molar-refractivity contribution in [2.24, 2.45) is 5.41 Å². The van der Waals surface area contributed by atoms with E-state index in [2.05, 4.69) is 5.32 Å². The van der Waals surface area contributed by atoms with Crippen molar-refractivity contribution >= 4 is 11.9 Å². The second-order valence-electron chi connectivity index (χ2n) is 6.36. The number of aliphatic carboxylic acids is 1. The molecule has 2 rings (SSSR count). The molecule has 0 saturated heterocycles. The SMILES string of the molecule is COCC1(C(=O)NC(CCC(=O)O)Cc2ccccc2)CCC1. The zero-order valence-corrected chi connectivity index (χ0v) is 13.6. The molecule has 0 heterocycles. The lowest BCUT2D eigenvalue weighted by atomic mass is 9.68. The Kier molecular flexibility index (Phi) is 6.16. The molecular formula is C18H25NO4. The average molecular weight is 319 g/mol. The van der Waals surface area contributed by atoms with Gasteiger partial charge in [-0.05, 0) is 31.2 Å². The highest BCUT2D eigenvalue weighted by Gasteiger charge is 2.44. The summed E-state index contributed by atoms with van der Waals surface area (Å²) >= 11 is 0. The fourth-order valence-electron chi connectivity index (χ4n) is 3.08. The fraction of sp³-hybridized carbons (Fsp3) is 0.556. The largest absolute Gasteiger partial charge is 0.481 e. The molecule has 0 aromatic heterocycles. The first-order valence-corrected chi connectivity index (χ1v) is 8.11. The van der Waals surface area contributed by atoms with E-state index in [1.165, 1.54) is 0 Å². The minimum absolute atomic E-state index is 0.00285. The van der Waals surface area contributed by atoms with Gasteiger partial charge < -0.3 is 15.2 Å². The van der Waals surface area contributed by atoms with Crippen molar-refractivity contribution in [2.45, 2.75) is 44.6 Å². The van der Waals surface area contributed by atoms with Crippen LogP contribution < -0.4 is 5.32 Å². The number of carboxylic acids is 1. The van der Waals surface area contributed by atoms with Gasteiger partial charge in [0.25, 0.3) is 0 Å². The van der Waals surface area contributed by atoms with Gasteiger partial charge in [0.15, 0.2) is 0 Å². The summed E-state index contributed by atoms with van der Waals surface area (Å²) in [6.45, 7) is 0.426. The van der Waals surface area contributed by atoms with E-state index in [4.69, 9.17) is 9.84 Å². The van der Waals surface area contributed by atoms with E-state index in [1.807, 2.05) is 30.3 Å². The summed E-state index contributed by atoms with van der Waals surface area (Å²) < 4.78 is 5.21. The molecule has 0 spiro atoms. The van der Waals surface area contributed by atoms with E-state index >= 15 is 0 Å². The Labute approximate surface area is 137 Å². The van der Waals surface area contributed by atoms with Gasteiger partial charge in [-0.2, -0.15) is 0 Å². The molecule has 5 heteroatoms. The van der Waals surface area contributed by atoms with Crippen molar-refractivity contribution in [3.8, 4) is 0 Å². The number of carbonyl (C=O) groups is 2. The summed E-state index contributed by atoms with van der Waals surface area (Å²) in [5, 5.41) is 12.0. The molecule has 1 aliphatic rings. The third-order valence-corrected chi connectivity index (χ3v) is 4.58. The van der Waals surface area contributed by atoms with Gasteiger partial charge in [0.1, 0.15) is 0 Å². The van der Waals surface area contributed by atoms with Crippen LogP contribution in [0.2, 0.25) is 0 Å². The van der Waals surface area contributed by atoms with Crippen LogP contribution in [0.1, 0.15) is 37.7 Å². The molecule has 1 fully saturated rings. The molecule has 1 atom stereocenters. The van der Waals surface area contributed by atoms with Gasteiger partial charge in [-0.1, -0.05) is 36.8 Å². The van der Waals surface area contributed by atoms with Crippen LogP contribution in [0.5, 0.6) is 0 Å². The Hall–Kier alpha value is -1.88. The molecule has 1 amide bonds. The maximum atomic E-state index is 12.6. The third-order valence-electron chi connectivity index (χ3n) is 4.58. The molecule has 0 aliphatic heterocycles. The maximum Gasteiger partial charge on any atom is 0.303 e. The summed E-state index contributed by atoms with van der Waals surface area (Å²) in [5.74, 6) is -0.843. The van der Waals surface area contributed by atoms with Crippen molar-refractivity contribution in [3.63, 3.8) is 0 Å². The molecule has 5 nitrogen and oxygen atoms in total. The Bertz CT molecular complexity index is 525. The number of amides is 1. The van der Waals surface area contributed by atoms with Crippen LogP contribution in [0, 0.1) is 5.41 Å². The molecule has 1 aromatic carbocycles. The van der Waals surface area contributed by atoms with Crippen LogP contribution >= 0.6 is 0 Å². The summed E-state index contributed by atoms with van der Waals surface area (Å²) in [5.41, 5.74) is 0.671. The smallest absolute Gasteiger partial charge is 0.303 e. The van der Waals surface area contributed by atoms with Crippen molar-refractivity contribution in [1.29, 1.82) is 0 Å². The predicted octanol–water partition coefficient (Wildman–Crippen LogP) is 2.40.